The number of hydrogen-bond donors (Lipinski definition) is 1. The van der Waals surface area contributed by atoms with Gasteiger partial charge >= 0.3 is 0 Å². The molecule has 4 nitrogen and oxygen atoms in total. The highest BCUT2D eigenvalue weighted by molar-refractivity contribution is 7.22. The van der Waals surface area contributed by atoms with Crippen LogP contribution in [-0.4, -0.2) is 10.9 Å². The molecule has 0 bridgehead atoms. The average molecular weight is 284 g/mol. The van der Waals surface area contributed by atoms with Crippen molar-refractivity contribution in [2.45, 2.75) is 6.92 Å². The summed E-state index contributed by atoms with van der Waals surface area (Å²) >= 11 is 1.45. The molecule has 0 aliphatic carbocycles. The van der Waals surface area contributed by atoms with Crippen LogP contribution >= 0.6 is 11.3 Å². The van der Waals surface area contributed by atoms with Gasteiger partial charge in [0, 0.05) is 6.08 Å². The number of rotatable bonds is 3. The van der Waals surface area contributed by atoms with Gasteiger partial charge in [0.15, 0.2) is 5.13 Å². The van der Waals surface area contributed by atoms with Crippen molar-refractivity contribution in [3.63, 3.8) is 0 Å². The van der Waals surface area contributed by atoms with Crippen LogP contribution in [0.5, 0.6) is 0 Å². The Morgan fingerprint density at radius 2 is 2.15 bits per heavy atom. The van der Waals surface area contributed by atoms with Gasteiger partial charge in [-0.25, -0.2) is 4.98 Å². The molecule has 1 aromatic carbocycles. The maximum Gasteiger partial charge on any atom is 0.250 e. The molecule has 1 N–H and O–H groups in total. The molecule has 2 aromatic heterocycles. The van der Waals surface area contributed by atoms with Gasteiger partial charge in [-0.05, 0) is 37.3 Å². The largest absolute Gasteiger partial charge is 0.462 e. The Balaban J connectivity index is 1.70. The summed E-state index contributed by atoms with van der Waals surface area (Å²) in [6.07, 6.45) is 3.07. The van der Waals surface area contributed by atoms with Gasteiger partial charge < -0.3 is 4.42 Å². The molecule has 0 saturated heterocycles. The number of aryl methyl sites for hydroxylation is 1. The minimum Gasteiger partial charge on any atom is -0.462 e. The van der Waals surface area contributed by atoms with Crippen LogP contribution in [0.15, 0.2) is 46.9 Å². The molecule has 100 valence electrons. The number of furan rings is 1. The number of amides is 1. The van der Waals surface area contributed by atoms with Crippen LogP contribution in [0.3, 0.4) is 0 Å². The van der Waals surface area contributed by atoms with Crippen molar-refractivity contribution in [2.24, 2.45) is 0 Å². The number of carbonyl (C=O) groups is 1. The molecule has 0 spiro atoms. The summed E-state index contributed by atoms with van der Waals surface area (Å²) in [7, 11) is 0. The van der Waals surface area contributed by atoms with Crippen LogP contribution < -0.4 is 5.32 Å². The van der Waals surface area contributed by atoms with E-state index >= 15 is 0 Å². The second-order valence-electron chi connectivity index (χ2n) is 4.26. The molecule has 1 amide bonds. The number of aromatic nitrogens is 1. The fourth-order valence-electron chi connectivity index (χ4n) is 1.77. The Bertz CT molecular complexity index is 753. The molecule has 0 aliphatic rings. The number of fused-ring (bicyclic) bond motifs is 1. The predicted molar refractivity (Wildman–Crippen MR) is 80.7 cm³/mol. The third-order valence-corrected chi connectivity index (χ3v) is 3.64. The van der Waals surface area contributed by atoms with Gasteiger partial charge in [0.1, 0.15) is 11.5 Å². The first-order valence-electron chi connectivity index (χ1n) is 6.12. The maximum absolute atomic E-state index is 11.8. The molecule has 0 aliphatic heterocycles. The normalized spacial score (nSPS) is 11.2. The minimum absolute atomic E-state index is 0.224. The molecule has 0 fully saturated rings. The van der Waals surface area contributed by atoms with E-state index in [-0.39, 0.29) is 5.91 Å². The zero-order valence-electron chi connectivity index (χ0n) is 10.8. The lowest BCUT2D eigenvalue weighted by atomic mass is 10.3. The van der Waals surface area contributed by atoms with Gasteiger partial charge in [-0.15, -0.1) is 0 Å². The third-order valence-electron chi connectivity index (χ3n) is 2.68. The Hall–Kier alpha value is -2.40. The molecule has 0 unspecified atom stereocenters. The van der Waals surface area contributed by atoms with Gasteiger partial charge in [0.25, 0.3) is 0 Å². The van der Waals surface area contributed by atoms with E-state index in [1.807, 2.05) is 43.3 Å². The fourth-order valence-corrected chi connectivity index (χ4v) is 2.64. The standard InChI is InChI=1S/C15H12N2O2S/c1-10-6-7-11(19-10)8-9-14(18)17-15-16-12-4-2-3-5-13(12)20-15/h2-9H,1H3,(H,16,17,18)/b9-8+. The topological polar surface area (TPSA) is 55.1 Å². The van der Waals surface area contributed by atoms with E-state index in [1.165, 1.54) is 17.4 Å². The van der Waals surface area contributed by atoms with E-state index in [4.69, 9.17) is 4.42 Å². The maximum atomic E-state index is 11.8. The van der Waals surface area contributed by atoms with Gasteiger partial charge in [-0.3, -0.25) is 10.1 Å². The zero-order chi connectivity index (χ0) is 13.9. The summed E-state index contributed by atoms with van der Waals surface area (Å²) in [5.41, 5.74) is 0.887. The highest BCUT2D eigenvalue weighted by Gasteiger charge is 2.05. The number of hydrogen-bond acceptors (Lipinski definition) is 4. The van der Waals surface area contributed by atoms with E-state index < -0.39 is 0 Å². The third kappa shape index (κ3) is 2.78. The van der Waals surface area contributed by atoms with Crippen molar-refractivity contribution in [2.75, 3.05) is 5.32 Å². The van der Waals surface area contributed by atoms with Gasteiger partial charge in [0.05, 0.1) is 10.2 Å². The van der Waals surface area contributed by atoms with Crippen LogP contribution in [-0.2, 0) is 4.79 Å². The van der Waals surface area contributed by atoms with Crippen molar-refractivity contribution in [3.05, 3.63) is 54.0 Å². The number of para-hydroxylation sites is 1. The Kier molecular flexibility index (Phi) is 3.35. The molecule has 5 heteroatoms. The van der Waals surface area contributed by atoms with Crippen LogP contribution in [0.1, 0.15) is 11.5 Å². The number of nitrogens with one attached hydrogen (secondary N) is 1. The van der Waals surface area contributed by atoms with Crippen molar-refractivity contribution in [3.8, 4) is 0 Å². The first-order valence-corrected chi connectivity index (χ1v) is 6.93. The number of carbonyl (C=O) groups excluding carboxylic acids is 1. The summed E-state index contributed by atoms with van der Waals surface area (Å²) in [4.78, 5) is 16.1. The molecule has 0 atom stereocenters. The lowest BCUT2D eigenvalue weighted by Crippen LogP contribution is -2.07. The second-order valence-corrected chi connectivity index (χ2v) is 5.29. The molecule has 3 rings (SSSR count). The summed E-state index contributed by atoms with van der Waals surface area (Å²) in [5.74, 6) is 1.25. The average Bonchev–Trinajstić information content (AvgIpc) is 3.01. The zero-order valence-corrected chi connectivity index (χ0v) is 11.6. The van der Waals surface area contributed by atoms with E-state index in [0.29, 0.717) is 10.9 Å². The van der Waals surface area contributed by atoms with Crippen LogP contribution in [0.25, 0.3) is 16.3 Å². The number of anilines is 1. The summed E-state index contributed by atoms with van der Waals surface area (Å²) in [5, 5.41) is 3.34. The monoisotopic (exact) mass is 284 g/mol. The molecule has 20 heavy (non-hydrogen) atoms. The SMILES string of the molecule is Cc1ccc(/C=C/C(=O)Nc2nc3ccccc3s2)o1. The highest BCUT2D eigenvalue weighted by atomic mass is 32.1. The van der Waals surface area contributed by atoms with Crippen molar-refractivity contribution in [1.29, 1.82) is 0 Å². The smallest absolute Gasteiger partial charge is 0.250 e. The lowest BCUT2D eigenvalue weighted by molar-refractivity contribution is -0.111. The van der Waals surface area contributed by atoms with Crippen molar-refractivity contribution >= 4 is 38.7 Å². The Labute approximate surface area is 119 Å². The first kappa shape index (κ1) is 12.6. The predicted octanol–water partition coefficient (Wildman–Crippen LogP) is 3.85. The lowest BCUT2D eigenvalue weighted by Gasteiger charge is -1.94. The van der Waals surface area contributed by atoms with Crippen LogP contribution in [0.4, 0.5) is 5.13 Å². The van der Waals surface area contributed by atoms with Crippen molar-refractivity contribution in [1.82, 2.24) is 4.98 Å². The van der Waals surface area contributed by atoms with Gasteiger partial charge in [0.2, 0.25) is 5.91 Å². The van der Waals surface area contributed by atoms with E-state index in [0.717, 1.165) is 16.0 Å². The quantitative estimate of drug-likeness (QED) is 0.743. The highest BCUT2D eigenvalue weighted by Crippen LogP contribution is 2.25. The molecule has 0 saturated carbocycles. The summed E-state index contributed by atoms with van der Waals surface area (Å²) in [6.45, 7) is 1.86. The number of thiazole rings is 1. The summed E-state index contributed by atoms with van der Waals surface area (Å²) in [6, 6.07) is 11.4. The van der Waals surface area contributed by atoms with E-state index in [2.05, 4.69) is 10.3 Å². The van der Waals surface area contributed by atoms with Gasteiger partial charge in [-0.1, -0.05) is 23.5 Å². The number of nitrogens with zero attached hydrogens (tertiary/aromatic N) is 1. The van der Waals surface area contributed by atoms with E-state index in [9.17, 15) is 4.79 Å². The second kappa shape index (κ2) is 5.30. The van der Waals surface area contributed by atoms with E-state index in [1.54, 1.807) is 6.08 Å². The van der Waals surface area contributed by atoms with Crippen LogP contribution in [0.2, 0.25) is 0 Å². The molecule has 3 aromatic rings. The first-order chi connectivity index (χ1) is 9.70. The molecule has 0 radical (unpaired) electrons. The number of benzene rings is 1. The minimum atomic E-state index is -0.224. The Morgan fingerprint density at radius 3 is 2.90 bits per heavy atom. The fraction of sp³-hybridized carbons (Fsp3) is 0.0667. The molecular formula is C15H12N2O2S. The van der Waals surface area contributed by atoms with Crippen LogP contribution in [0, 0.1) is 6.92 Å². The molecular weight excluding hydrogens is 272 g/mol. The van der Waals surface area contributed by atoms with Crippen molar-refractivity contribution < 1.29 is 9.21 Å². The Morgan fingerprint density at radius 1 is 1.30 bits per heavy atom. The molecule has 2 heterocycles. The summed E-state index contributed by atoms with van der Waals surface area (Å²) < 4.78 is 6.40. The van der Waals surface area contributed by atoms with Gasteiger partial charge in [-0.2, -0.15) is 0 Å².